The number of hydrogen-bond acceptors (Lipinski definition) is 4. The maximum atomic E-state index is 11.9. The van der Waals surface area contributed by atoms with Crippen LogP contribution >= 0.6 is 0 Å². The number of rotatable bonds is 2. The molecule has 2 heterocycles. The molecule has 0 spiro atoms. The largest absolute Gasteiger partial charge is 0.369 e. The summed E-state index contributed by atoms with van der Waals surface area (Å²) in [6.45, 7) is 5.91. The summed E-state index contributed by atoms with van der Waals surface area (Å²) in [7, 11) is 0. The molecule has 0 radical (unpaired) electrons. The van der Waals surface area contributed by atoms with Gasteiger partial charge in [0.2, 0.25) is 0 Å². The van der Waals surface area contributed by atoms with E-state index in [1.165, 1.54) is 16.8 Å². The first kappa shape index (κ1) is 13.6. The Balaban J connectivity index is 1.97. The molecule has 110 valence electrons. The summed E-state index contributed by atoms with van der Waals surface area (Å²) in [5, 5.41) is 3.33. The fraction of sp³-hybridized carbons (Fsp3) is 0.333. The van der Waals surface area contributed by atoms with Gasteiger partial charge < -0.3 is 10.2 Å². The zero-order valence-corrected chi connectivity index (χ0v) is 11.9. The molecular weight excluding hydrogens is 268 g/mol. The Morgan fingerprint density at radius 3 is 2.52 bits per heavy atom. The highest BCUT2D eigenvalue weighted by atomic mass is 16.2. The number of nitrogens with one attached hydrogen (secondary N) is 2. The molecule has 0 amide bonds. The van der Waals surface area contributed by atoms with Gasteiger partial charge >= 0.3 is 5.69 Å². The highest BCUT2D eigenvalue weighted by Gasteiger charge is 2.12. The summed E-state index contributed by atoms with van der Waals surface area (Å²) in [6.07, 6.45) is 1.51. The zero-order chi connectivity index (χ0) is 14.8. The minimum Gasteiger partial charge on any atom is -0.369 e. The van der Waals surface area contributed by atoms with Gasteiger partial charge in [0.25, 0.3) is 5.56 Å². The molecule has 1 saturated heterocycles. The zero-order valence-electron chi connectivity index (χ0n) is 11.9. The standard InChI is InChI=1S/C15H18N4O2/c1-11-10-12(18-8-5-16-6-9-18)2-3-13(11)19-7-4-14(20)17-15(19)21/h2-4,7,10,16H,5-6,8-9H2,1H3,(H,17,20,21). The van der Waals surface area contributed by atoms with E-state index in [4.69, 9.17) is 0 Å². The van der Waals surface area contributed by atoms with Gasteiger partial charge in [0.1, 0.15) is 0 Å². The summed E-state index contributed by atoms with van der Waals surface area (Å²) in [5.41, 5.74) is 2.15. The van der Waals surface area contributed by atoms with Crippen molar-refractivity contribution in [3.63, 3.8) is 0 Å². The van der Waals surface area contributed by atoms with Crippen LogP contribution in [0.2, 0.25) is 0 Å². The predicted molar refractivity (Wildman–Crippen MR) is 82.5 cm³/mol. The molecule has 2 N–H and O–H groups in total. The number of benzene rings is 1. The van der Waals surface area contributed by atoms with Crippen LogP contribution in [0.25, 0.3) is 5.69 Å². The van der Waals surface area contributed by atoms with Crippen molar-refractivity contribution in [2.45, 2.75) is 6.92 Å². The van der Waals surface area contributed by atoms with E-state index in [1.54, 1.807) is 0 Å². The summed E-state index contributed by atoms with van der Waals surface area (Å²) in [4.78, 5) is 27.6. The molecule has 0 atom stereocenters. The summed E-state index contributed by atoms with van der Waals surface area (Å²) >= 11 is 0. The number of aromatic amines is 1. The van der Waals surface area contributed by atoms with Gasteiger partial charge in [0.15, 0.2) is 0 Å². The number of anilines is 1. The van der Waals surface area contributed by atoms with Crippen molar-refractivity contribution in [3.8, 4) is 5.69 Å². The molecule has 0 aliphatic carbocycles. The van der Waals surface area contributed by atoms with Crippen LogP contribution in [0.4, 0.5) is 5.69 Å². The van der Waals surface area contributed by atoms with Gasteiger partial charge in [0.05, 0.1) is 5.69 Å². The summed E-state index contributed by atoms with van der Waals surface area (Å²) < 4.78 is 1.46. The van der Waals surface area contributed by atoms with Gasteiger partial charge in [-0.15, -0.1) is 0 Å². The molecule has 1 aromatic heterocycles. The Morgan fingerprint density at radius 1 is 1.10 bits per heavy atom. The number of nitrogens with zero attached hydrogens (tertiary/aromatic N) is 2. The molecule has 1 fully saturated rings. The Bertz CT molecular complexity index is 757. The summed E-state index contributed by atoms with van der Waals surface area (Å²) in [5.74, 6) is 0. The first-order valence-corrected chi connectivity index (χ1v) is 7.04. The first-order valence-electron chi connectivity index (χ1n) is 7.04. The first-order chi connectivity index (χ1) is 10.1. The lowest BCUT2D eigenvalue weighted by Gasteiger charge is -2.30. The molecule has 6 nitrogen and oxygen atoms in total. The molecule has 1 aliphatic rings. The van der Waals surface area contributed by atoms with Crippen LogP contribution in [0.5, 0.6) is 0 Å². The van der Waals surface area contributed by atoms with Crippen molar-refractivity contribution in [2.24, 2.45) is 0 Å². The van der Waals surface area contributed by atoms with Crippen LogP contribution in [0.15, 0.2) is 40.1 Å². The second-order valence-electron chi connectivity index (χ2n) is 5.19. The van der Waals surface area contributed by atoms with Crippen LogP contribution in [0, 0.1) is 6.92 Å². The van der Waals surface area contributed by atoms with Crippen LogP contribution in [0.3, 0.4) is 0 Å². The van der Waals surface area contributed by atoms with E-state index in [0.29, 0.717) is 0 Å². The van der Waals surface area contributed by atoms with E-state index in [1.807, 2.05) is 19.1 Å². The molecule has 1 aromatic carbocycles. The monoisotopic (exact) mass is 286 g/mol. The van der Waals surface area contributed by atoms with Crippen LogP contribution < -0.4 is 21.5 Å². The Hall–Kier alpha value is -2.34. The third-order valence-electron chi connectivity index (χ3n) is 3.75. The lowest BCUT2D eigenvalue weighted by Crippen LogP contribution is -2.43. The topological polar surface area (TPSA) is 70.1 Å². The molecular formula is C15H18N4O2. The smallest absolute Gasteiger partial charge is 0.332 e. The fourth-order valence-electron chi connectivity index (χ4n) is 2.64. The van der Waals surface area contributed by atoms with Crippen molar-refractivity contribution in [1.29, 1.82) is 0 Å². The number of aromatic nitrogens is 2. The minimum absolute atomic E-state index is 0.383. The van der Waals surface area contributed by atoms with E-state index in [-0.39, 0.29) is 5.56 Å². The lowest BCUT2D eigenvalue weighted by molar-refractivity contribution is 0.589. The average Bonchev–Trinajstić information content (AvgIpc) is 2.49. The van der Waals surface area contributed by atoms with E-state index >= 15 is 0 Å². The van der Waals surface area contributed by atoms with E-state index < -0.39 is 5.69 Å². The van der Waals surface area contributed by atoms with Crippen molar-refractivity contribution in [2.75, 3.05) is 31.1 Å². The van der Waals surface area contributed by atoms with Gasteiger partial charge in [-0.2, -0.15) is 0 Å². The van der Waals surface area contributed by atoms with Gasteiger partial charge in [-0.1, -0.05) is 0 Å². The van der Waals surface area contributed by atoms with E-state index in [2.05, 4.69) is 21.3 Å². The van der Waals surface area contributed by atoms with Crippen molar-refractivity contribution in [3.05, 3.63) is 56.9 Å². The second kappa shape index (κ2) is 5.57. The van der Waals surface area contributed by atoms with Gasteiger partial charge in [-0.05, 0) is 30.7 Å². The SMILES string of the molecule is Cc1cc(N2CCNCC2)ccc1-n1ccc(=O)[nH]c1=O. The van der Waals surface area contributed by atoms with Crippen LogP contribution in [-0.2, 0) is 0 Å². The maximum absolute atomic E-state index is 11.9. The third-order valence-corrected chi connectivity index (χ3v) is 3.75. The fourth-order valence-corrected chi connectivity index (χ4v) is 2.64. The highest BCUT2D eigenvalue weighted by Crippen LogP contribution is 2.21. The normalized spacial score (nSPS) is 15.2. The number of aryl methyl sites for hydroxylation is 1. The van der Waals surface area contributed by atoms with Gasteiger partial charge in [-0.3, -0.25) is 14.3 Å². The third kappa shape index (κ3) is 2.75. The van der Waals surface area contributed by atoms with Crippen molar-refractivity contribution < 1.29 is 0 Å². The number of piperazine rings is 1. The Labute approximate surface area is 122 Å². The van der Waals surface area contributed by atoms with Crippen molar-refractivity contribution >= 4 is 5.69 Å². The molecule has 3 rings (SSSR count). The number of H-pyrrole nitrogens is 1. The van der Waals surface area contributed by atoms with Crippen LogP contribution in [-0.4, -0.2) is 35.7 Å². The molecule has 0 saturated carbocycles. The molecule has 2 aromatic rings. The average molecular weight is 286 g/mol. The van der Waals surface area contributed by atoms with Crippen LogP contribution in [0.1, 0.15) is 5.56 Å². The van der Waals surface area contributed by atoms with Gasteiger partial charge in [0, 0.05) is 44.1 Å². The van der Waals surface area contributed by atoms with Gasteiger partial charge in [-0.25, -0.2) is 4.79 Å². The Kier molecular flexibility index (Phi) is 3.62. The lowest BCUT2D eigenvalue weighted by atomic mass is 10.1. The molecule has 1 aliphatic heterocycles. The van der Waals surface area contributed by atoms with E-state index in [0.717, 1.165) is 43.1 Å². The van der Waals surface area contributed by atoms with E-state index in [9.17, 15) is 9.59 Å². The quantitative estimate of drug-likeness (QED) is 0.830. The molecule has 0 unspecified atom stereocenters. The predicted octanol–water partition coefficient (Wildman–Crippen LogP) is 0.244. The molecule has 21 heavy (non-hydrogen) atoms. The Morgan fingerprint density at radius 2 is 1.86 bits per heavy atom. The minimum atomic E-state index is -0.416. The number of hydrogen-bond donors (Lipinski definition) is 2. The molecule has 6 heteroatoms. The summed E-state index contributed by atoms with van der Waals surface area (Å²) in [6, 6.07) is 7.38. The second-order valence-corrected chi connectivity index (χ2v) is 5.19. The molecule has 0 bridgehead atoms. The maximum Gasteiger partial charge on any atom is 0.332 e. The highest BCUT2D eigenvalue weighted by molar-refractivity contribution is 5.55. The van der Waals surface area contributed by atoms with Crippen molar-refractivity contribution in [1.82, 2.24) is 14.9 Å².